The van der Waals surface area contributed by atoms with Crippen molar-refractivity contribution in [2.75, 3.05) is 47.0 Å². The van der Waals surface area contributed by atoms with Gasteiger partial charge in [0.2, 0.25) is 0 Å². The first kappa shape index (κ1) is 34.0. The molecule has 0 radical (unpaired) electrons. The lowest BCUT2D eigenvalue weighted by Crippen LogP contribution is -2.64. The molecule has 4 aromatic rings. The molecule has 1 N–H and O–H groups in total. The normalized spacial score (nSPS) is 25.3. The number of methoxy groups -OCH3 is 1. The molecule has 54 heavy (non-hydrogen) atoms. The van der Waals surface area contributed by atoms with Gasteiger partial charge in [0.15, 0.2) is 0 Å². The molecule has 2 aliphatic carbocycles. The van der Waals surface area contributed by atoms with Crippen LogP contribution in [0.25, 0.3) is 33.8 Å². The number of likely N-dealkylation sites (N-methyl/N-ethyl adjacent to an activating group) is 1. The van der Waals surface area contributed by atoms with E-state index in [4.69, 9.17) is 9.47 Å². The van der Waals surface area contributed by atoms with E-state index < -0.39 is 16.1 Å². The van der Waals surface area contributed by atoms with E-state index in [0.29, 0.717) is 18.0 Å². The largest absolute Gasteiger partial charge is 0.497 e. The van der Waals surface area contributed by atoms with Crippen molar-refractivity contribution in [3.63, 3.8) is 0 Å². The minimum Gasteiger partial charge on any atom is -0.497 e. The molecule has 6 heterocycles. The average Bonchev–Trinajstić information content (AvgIpc) is 3.56. The lowest BCUT2D eigenvalue weighted by Gasteiger charge is -2.48. The molecule has 0 bridgehead atoms. The van der Waals surface area contributed by atoms with E-state index in [1.807, 2.05) is 25.2 Å². The fourth-order valence-corrected chi connectivity index (χ4v) is 11.7. The Bertz CT molecular complexity index is 2410. The van der Waals surface area contributed by atoms with Crippen LogP contribution in [0.15, 0.2) is 42.6 Å². The first-order valence-corrected chi connectivity index (χ1v) is 20.6. The Labute approximate surface area is 314 Å². The van der Waals surface area contributed by atoms with Crippen molar-refractivity contribution in [2.24, 2.45) is 7.05 Å². The number of rotatable bonds is 7. The molecule has 282 valence electrons. The lowest BCUT2D eigenvalue weighted by molar-refractivity contribution is 0.00962. The van der Waals surface area contributed by atoms with Crippen LogP contribution in [0.4, 0.5) is 0 Å². The van der Waals surface area contributed by atoms with E-state index in [-0.39, 0.29) is 49.0 Å². The van der Waals surface area contributed by atoms with Gasteiger partial charge in [-0.1, -0.05) is 25.3 Å². The molecule has 2 saturated carbocycles. The highest BCUT2D eigenvalue weighted by Crippen LogP contribution is 2.74. The molecule has 13 nitrogen and oxygen atoms in total. The van der Waals surface area contributed by atoms with Crippen LogP contribution in [0.5, 0.6) is 5.75 Å². The number of hydrogen-bond donors (Lipinski definition) is 1. The summed E-state index contributed by atoms with van der Waals surface area (Å²) in [4.78, 5) is 32.6. The summed E-state index contributed by atoms with van der Waals surface area (Å²) >= 11 is 0. The number of aromatic nitrogens is 3. The predicted molar refractivity (Wildman–Crippen MR) is 203 cm³/mol. The van der Waals surface area contributed by atoms with E-state index in [2.05, 4.69) is 49.4 Å². The molecule has 5 fully saturated rings. The molecule has 2 aromatic carbocycles. The van der Waals surface area contributed by atoms with Gasteiger partial charge in [0.05, 0.1) is 55.6 Å². The van der Waals surface area contributed by atoms with Crippen LogP contribution in [0, 0.1) is 0 Å². The number of piperidine rings is 1. The highest BCUT2D eigenvalue weighted by molar-refractivity contribution is 7.87. The number of nitrogens with one attached hydrogen (secondary N) is 1. The number of aryl methyl sites for hydroxylation is 1. The minimum absolute atomic E-state index is 0.0110. The highest BCUT2D eigenvalue weighted by atomic mass is 32.2. The van der Waals surface area contributed by atoms with Crippen molar-refractivity contribution in [3.05, 3.63) is 70.5 Å². The summed E-state index contributed by atoms with van der Waals surface area (Å²) < 4.78 is 45.2. The van der Waals surface area contributed by atoms with E-state index >= 15 is 0 Å². The van der Waals surface area contributed by atoms with Crippen molar-refractivity contribution in [1.29, 1.82) is 0 Å². The SMILES string of the molecule is COc1ccc2c(c1)C=C(c1c(C(=O)N3[C@]45CC[C@@]34N(C)C5)cnn1C)Cn1c-2c(C2CCCCC2)c2ccc(C(=O)NS(=O)(=O)N3CCOCC3)cc21. The summed E-state index contributed by atoms with van der Waals surface area (Å²) in [6.45, 7) is 2.25. The number of likely N-dealkylation sites (tertiary alicyclic amines) is 2. The summed E-state index contributed by atoms with van der Waals surface area (Å²) in [7, 11) is 1.59. The molecule has 2 amide bonds. The third-order valence-electron chi connectivity index (χ3n) is 13.3. The van der Waals surface area contributed by atoms with Crippen molar-refractivity contribution in [1.82, 2.24) is 33.2 Å². The van der Waals surface area contributed by atoms with Crippen LogP contribution in [-0.4, -0.2) is 107 Å². The number of carbonyl (C=O) groups is 2. The maximum atomic E-state index is 14.5. The molecule has 2 aromatic heterocycles. The van der Waals surface area contributed by atoms with Crippen LogP contribution in [0.2, 0.25) is 0 Å². The first-order valence-electron chi connectivity index (χ1n) is 19.1. The number of carbonyl (C=O) groups excluding carboxylic acids is 2. The van der Waals surface area contributed by atoms with Crippen LogP contribution in [0.3, 0.4) is 0 Å². The summed E-state index contributed by atoms with van der Waals surface area (Å²) in [5, 5.41) is 5.71. The second kappa shape index (κ2) is 12.0. The van der Waals surface area contributed by atoms with Crippen molar-refractivity contribution in [3.8, 4) is 17.0 Å². The Morgan fingerprint density at radius 3 is 2.48 bits per heavy atom. The summed E-state index contributed by atoms with van der Waals surface area (Å²) in [6.07, 6.45) is 11.5. The second-order valence-corrected chi connectivity index (χ2v) is 17.5. The van der Waals surface area contributed by atoms with Gasteiger partial charge in [-0.15, -0.1) is 0 Å². The van der Waals surface area contributed by atoms with Crippen LogP contribution >= 0.6 is 0 Å². The number of fused-ring (bicyclic) bond motifs is 5. The molecule has 14 heteroatoms. The standard InChI is InChI=1S/C40H45N7O6S/c1-43-24-39-13-14-40(39,43)47(39)38(49)32-22-41-44(2)35(32)28-19-27-20-29(52-3)10-12-30(27)36-34(25-7-5-4-6-8-25)31-11-9-26(21-33(31)46(36)23-28)37(48)42-54(50,51)45-15-17-53-18-16-45/h9-12,19-22,25H,4-8,13-18,23-24H2,1-3H3,(H,42,48)/t39-,40+,47?/m0/s1. The van der Waals surface area contributed by atoms with Crippen LogP contribution < -0.4 is 9.46 Å². The number of allylic oxidation sites excluding steroid dienone is 1. The Morgan fingerprint density at radius 2 is 1.80 bits per heavy atom. The van der Waals surface area contributed by atoms with Gasteiger partial charge in [0, 0.05) is 48.7 Å². The van der Waals surface area contributed by atoms with Gasteiger partial charge in [-0.3, -0.25) is 19.2 Å². The van der Waals surface area contributed by atoms with E-state index in [9.17, 15) is 18.0 Å². The summed E-state index contributed by atoms with van der Waals surface area (Å²) in [6, 6.07) is 11.7. The van der Waals surface area contributed by atoms with Crippen LogP contribution in [-0.2, 0) is 28.5 Å². The lowest BCUT2D eigenvalue weighted by atomic mass is 9.72. The minimum atomic E-state index is -4.06. The van der Waals surface area contributed by atoms with Gasteiger partial charge in [-0.05, 0) is 91.8 Å². The Morgan fingerprint density at radius 1 is 1.00 bits per heavy atom. The van der Waals surface area contributed by atoms with Crippen molar-refractivity contribution in [2.45, 2.75) is 68.6 Å². The van der Waals surface area contributed by atoms with Gasteiger partial charge < -0.3 is 18.9 Å². The monoisotopic (exact) mass is 751 g/mol. The Balaban J connectivity index is 1.12. The van der Waals surface area contributed by atoms with Gasteiger partial charge in [-0.25, -0.2) is 4.72 Å². The maximum absolute atomic E-state index is 14.5. The van der Waals surface area contributed by atoms with Gasteiger partial charge >= 0.3 is 10.2 Å². The smallest absolute Gasteiger partial charge is 0.304 e. The molecule has 10 rings (SSSR count). The third-order valence-corrected chi connectivity index (χ3v) is 14.8. The van der Waals surface area contributed by atoms with Crippen molar-refractivity contribution < 1.29 is 27.5 Å². The van der Waals surface area contributed by atoms with E-state index in [1.54, 1.807) is 24.1 Å². The predicted octanol–water partition coefficient (Wildman–Crippen LogP) is 4.59. The van der Waals surface area contributed by atoms with Crippen LogP contribution in [0.1, 0.15) is 88.4 Å². The number of nitrogens with zero attached hydrogens (tertiary/aromatic N) is 6. The molecule has 2 atom stereocenters. The fraction of sp³-hybridized carbons (Fsp3) is 0.475. The fourth-order valence-electron chi connectivity index (χ4n) is 10.6. The highest BCUT2D eigenvalue weighted by Gasteiger charge is 2.91. The molecule has 0 spiro atoms. The number of benzene rings is 2. The molecule has 4 aliphatic heterocycles. The Kier molecular flexibility index (Phi) is 7.56. The molecule has 3 saturated heterocycles. The molecule has 6 aliphatic rings. The quantitative estimate of drug-likeness (QED) is 0.272. The van der Waals surface area contributed by atoms with E-state index in [0.717, 1.165) is 89.8 Å². The van der Waals surface area contributed by atoms with Gasteiger partial charge in [0.1, 0.15) is 11.4 Å². The van der Waals surface area contributed by atoms with Gasteiger partial charge in [-0.2, -0.15) is 17.8 Å². The average molecular weight is 752 g/mol. The molecular weight excluding hydrogens is 707 g/mol. The Hall–Kier alpha value is -4.50. The molecular formula is C40H45N7O6S. The zero-order valence-corrected chi connectivity index (χ0v) is 31.7. The molecule has 0 unspecified atom stereocenters. The second-order valence-electron chi connectivity index (χ2n) is 15.9. The summed E-state index contributed by atoms with van der Waals surface area (Å²) in [5.74, 6) is 0.372. The number of amides is 2. The van der Waals surface area contributed by atoms with Crippen molar-refractivity contribution >= 4 is 44.6 Å². The maximum Gasteiger partial charge on any atom is 0.304 e. The number of hydrogen-bond acceptors (Lipinski definition) is 8. The first-order chi connectivity index (χ1) is 26.1. The number of ether oxygens (including phenoxy) is 2. The zero-order valence-electron chi connectivity index (χ0n) is 30.9. The van der Waals surface area contributed by atoms with E-state index in [1.165, 1.54) is 16.3 Å². The third kappa shape index (κ3) is 4.66. The summed E-state index contributed by atoms with van der Waals surface area (Å²) in [5.41, 5.74) is 7.49. The van der Waals surface area contributed by atoms with Gasteiger partial charge in [0.25, 0.3) is 11.8 Å². The zero-order chi connectivity index (χ0) is 37.1. The topological polar surface area (TPSA) is 131 Å². The number of morpholine rings is 1.